The maximum atomic E-state index is 6.25. The second-order valence-corrected chi connectivity index (χ2v) is 8.69. The molecule has 0 bridgehead atoms. The van der Waals surface area contributed by atoms with Crippen molar-refractivity contribution in [2.75, 3.05) is 19.7 Å². The molecule has 3 fully saturated rings. The van der Waals surface area contributed by atoms with Gasteiger partial charge in [0, 0.05) is 22.0 Å². The number of fused-ring (bicyclic) bond motifs is 3. The van der Waals surface area contributed by atoms with Crippen molar-refractivity contribution in [3.63, 3.8) is 0 Å². The van der Waals surface area contributed by atoms with Gasteiger partial charge in [0.15, 0.2) is 0 Å². The molecular formula is C20H26ClNO. The van der Waals surface area contributed by atoms with Gasteiger partial charge in [0.2, 0.25) is 0 Å². The predicted octanol–water partition coefficient (Wildman–Crippen LogP) is 4.64. The molecule has 2 heterocycles. The molecule has 1 aromatic carbocycles. The minimum absolute atomic E-state index is 0.229. The summed E-state index contributed by atoms with van der Waals surface area (Å²) in [5, 5.41) is 0.847. The van der Waals surface area contributed by atoms with Crippen molar-refractivity contribution in [1.82, 2.24) is 4.90 Å². The first-order valence-electron chi connectivity index (χ1n) is 9.42. The van der Waals surface area contributed by atoms with E-state index in [1.807, 2.05) is 6.07 Å². The Morgan fingerprint density at radius 2 is 1.96 bits per heavy atom. The molecule has 2 aliphatic heterocycles. The molecule has 0 radical (unpaired) electrons. The highest BCUT2D eigenvalue weighted by molar-refractivity contribution is 6.30. The van der Waals surface area contributed by atoms with Crippen LogP contribution in [0.15, 0.2) is 18.2 Å². The van der Waals surface area contributed by atoms with Gasteiger partial charge in [0.1, 0.15) is 5.75 Å². The number of nitrogens with zero attached hydrogens (tertiary/aromatic N) is 1. The standard InChI is InChI=1S/C20H26ClNO/c21-15-5-6-19-17(12-15)20(13-23-19)7-9-22(10-8-20)18-11-14-3-1-2-4-16(14)18/h5-6,12,14,16,18H,1-4,7-11,13H2/t14?,16-,18+/m1/s1. The molecule has 2 nitrogen and oxygen atoms in total. The molecule has 2 saturated carbocycles. The largest absolute Gasteiger partial charge is 0.492 e. The van der Waals surface area contributed by atoms with Crippen LogP contribution in [0.4, 0.5) is 0 Å². The van der Waals surface area contributed by atoms with Crippen molar-refractivity contribution in [2.24, 2.45) is 11.8 Å². The molecule has 3 heteroatoms. The summed E-state index contributed by atoms with van der Waals surface area (Å²) in [6, 6.07) is 7.04. The van der Waals surface area contributed by atoms with E-state index in [1.165, 1.54) is 63.6 Å². The highest BCUT2D eigenvalue weighted by Crippen LogP contribution is 2.51. The van der Waals surface area contributed by atoms with Crippen LogP contribution in [0.3, 0.4) is 0 Å². The van der Waals surface area contributed by atoms with E-state index in [4.69, 9.17) is 16.3 Å². The Morgan fingerprint density at radius 1 is 1.13 bits per heavy atom. The highest BCUT2D eigenvalue weighted by Gasteiger charge is 2.49. The van der Waals surface area contributed by atoms with Gasteiger partial charge in [-0.15, -0.1) is 0 Å². The van der Waals surface area contributed by atoms with Gasteiger partial charge in [-0.1, -0.05) is 30.9 Å². The summed E-state index contributed by atoms with van der Waals surface area (Å²) in [4.78, 5) is 2.81. The van der Waals surface area contributed by atoms with Crippen molar-refractivity contribution in [3.8, 4) is 5.75 Å². The number of hydrogen-bond donors (Lipinski definition) is 0. The molecule has 5 rings (SSSR count). The quantitative estimate of drug-likeness (QED) is 0.743. The van der Waals surface area contributed by atoms with Crippen molar-refractivity contribution in [3.05, 3.63) is 28.8 Å². The first kappa shape index (κ1) is 14.6. The molecule has 124 valence electrons. The summed E-state index contributed by atoms with van der Waals surface area (Å²) >= 11 is 6.25. The molecule has 0 N–H and O–H groups in total. The van der Waals surface area contributed by atoms with Crippen LogP contribution >= 0.6 is 11.6 Å². The van der Waals surface area contributed by atoms with Gasteiger partial charge in [-0.2, -0.15) is 0 Å². The Morgan fingerprint density at radius 3 is 2.78 bits per heavy atom. The molecule has 3 atom stereocenters. The summed E-state index contributed by atoms with van der Waals surface area (Å²) in [5.74, 6) is 3.14. The smallest absolute Gasteiger partial charge is 0.123 e. The minimum atomic E-state index is 0.229. The van der Waals surface area contributed by atoms with E-state index in [0.717, 1.165) is 35.3 Å². The Hall–Kier alpha value is -0.730. The molecule has 23 heavy (non-hydrogen) atoms. The van der Waals surface area contributed by atoms with E-state index < -0.39 is 0 Å². The van der Waals surface area contributed by atoms with Crippen LogP contribution in [-0.2, 0) is 5.41 Å². The third-order valence-electron chi connectivity index (χ3n) is 7.25. The Kier molecular flexibility index (Phi) is 3.42. The van der Waals surface area contributed by atoms with Gasteiger partial charge in [-0.25, -0.2) is 0 Å². The number of likely N-dealkylation sites (tertiary alicyclic amines) is 1. The first-order chi connectivity index (χ1) is 11.3. The monoisotopic (exact) mass is 331 g/mol. The van der Waals surface area contributed by atoms with E-state index in [-0.39, 0.29) is 5.41 Å². The summed E-state index contributed by atoms with van der Waals surface area (Å²) < 4.78 is 5.99. The average molecular weight is 332 g/mol. The second-order valence-electron chi connectivity index (χ2n) is 8.26. The van der Waals surface area contributed by atoms with Gasteiger partial charge in [0.25, 0.3) is 0 Å². The number of rotatable bonds is 1. The van der Waals surface area contributed by atoms with Gasteiger partial charge < -0.3 is 9.64 Å². The molecule has 0 amide bonds. The van der Waals surface area contributed by atoms with E-state index in [0.29, 0.717) is 0 Å². The fourth-order valence-electron chi connectivity index (χ4n) is 5.78. The van der Waals surface area contributed by atoms with Crippen LogP contribution < -0.4 is 4.74 Å². The number of hydrogen-bond acceptors (Lipinski definition) is 2. The number of benzene rings is 1. The molecule has 1 spiro atoms. The molecular weight excluding hydrogens is 306 g/mol. The molecule has 2 aliphatic carbocycles. The van der Waals surface area contributed by atoms with E-state index in [9.17, 15) is 0 Å². The lowest BCUT2D eigenvalue weighted by Crippen LogP contribution is -2.57. The maximum absolute atomic E-state index is 6.25. The summed E-state index contributed by atoms with van der Waals surface area (Å²) in [7, 11) is 0. The lowest BCUT2D eigenvalue weighted by atomic mass is 9.61. The van der Waals surface area contributed by atoms with E-state index >= 15 is 0 Å². The van der Waals surface area contributed by atoms with Crippen molar-refractivity contribution in [2.45, 2.75) is 56.4 Å². The van der Waals surface area contributed by atoms with Crippen LogP contribution in [0.2, 0.25) is 5.02 Å². The van der Waals surface area contributed by atoms with Crippen LogP contribution in [-0.4, -0.2) is 30.6 Å². The average Bonchev–Trinajstić information content (AvgIpc) is 2.89. The number of halogens is 1. The fraction of sp³-hybridized carbons (Fsp3) is 0.700. The normalized spacial score (nSPS) is 35.3. The molecule has 4 aliphatic rings. The zero-order chi connectivity index (χ0) is 15.4. The zero-order valence-electron chi connectivity index (χ0n) is 13.8. The van der Waals surface area contributed by atoms with Crippen molar-refractivity contribution < 1.29 is 4.74 Å². The van der Waals surface area contributed by atoms with Gasteiger partial charge in [-0.3, -0.25) is 0 Å². The highest BCUT2D eigenvalue weighted by atomic mass is 35.5. The molecule has 0 aromatic heterocycles. The van der Waals surface area contributed by atoms with E-state index in [1.54, 1.807) is 0 Å². The summed E-state index contributed by atoms with van der Waals surface area (Å²) in [5.41, 5.74) is 1.60. The summed E-state index contributed by atoms with van der Waals surface area (Å²) in [6.07, 6.45) is 9.86. The Bertz CT molecular complexity index is 608. The topological polar surface area (TPSA) is 12.5 Å². The summed E-state index contributed by atoms with van der Waals surface area (Å²) in [6.45, 7) is 3.33. The van der Waals surface area contributed by atoms with Crippen molar-refractivity contribution in [1.29, 1.82) is 0 Å². The molecule has 1 aromatic rings. The third-order valence-corrected chi connectivity index (χ3v) is 7.48. The van der Waals surface area contributed by atoms with Crippen LogP contribution in [0.1, 0.15) is 50.5 Å². The molecule has 1 saturated heterocycles. The SMILES string of the molecule is Clc1ccc2c(c1)C1(CCN([C@H]3CC4CCCC[C@H]43)CC1)CO2. The zero-order valence-corrected chi connectivity index (χ0v) is 14.5. The number of piperidine rings is 1. The Balaban J connectivity index is 1.30. The van der Waals surface area contributed by atoms with Gasteiger partial charge >= 0.3 is 0 Å². The number of ether oxygens (including phenoxy) is 1. The second kappa shape index (κ2) is 5.39. The van der Waals surface area contributed by atoms with Crippen LogP contribution in [0.25, 0.3) is 0 Å². The van der Waals surface area contributed by atoms with Crippen LogP contribution in [0, 0.1) is 11.8 Å². The van der Waals surface area contributed by atoms with E-state index in [2.05, 4.69) is 17.0 Å². The maximum Gasteiger partial charge on any atom is 0.123 e. The minimum Gasteiger partial charge on any atom is -0.492 e. The third kappa shape index (κ3) is 2.25. The van der Waals surface area contributed by atoms with Gasteiger partial charge in [0.05, 0.1) is 6.61 Å². The molecule has 1 unspecified atom stereocenters. The van der Waals surface area contributed by atoms with Crippen molar-refractivity contribution >= 4 is 11.6 Å². The lowest BCUT2D eigenvalue weighted by molar-refractivity contribution is -0.0404. The van der Waals surface area contributed by atoms with Crippen LogP contribution in [0.5, 0.6) is 5.75 Å². The fourth-order valence-corrected chi connectivity index (χ4v) is 5.95. The van der Waals surface area contributed by atoms with Gasteiger partial charge in [-0.05, 0) is 68.8 Å². The lowest BCUT2D eigenvalue weighted by Gasteiger charge is -2.55. The first-order valence-corrected chi connectivity index (χ1v) is 9.80. The predicted molar refractivity (Wildman–Crippen MR) is 93.3 cm³/mol. The Labute approximate surface area is 144 Å².